The Balaban J connectivity index is 2.19. The number of allylic oxidation sites excluding steroid dienone is 1. The van der Waals surface area contributed by atoms with Crippen LogP contribution < -0.4 is 4.74 Å². The molecule has 0 aromatic heterocycles. The molecule has 0 bridgehead atoms. The maximum Gasteiger partial charge on any atom is 0.170 e. The van der Waals surface area contributed by atoms with E-state index in [9.17, 15) is 4.79 Å². The summed E-state index contributed by atoms with van der Waals surface area (Å²) in [6.07, 6.45) is 5.31. The number of carbonyl (C=O) groups excluding carboxylic acids is 1. The van der Waals surface area contributed by atoms with Crippen molar-refractivity contribution in [2.45, 2.75) is 25.9 Å². The minimum absolute atomic E-state index is 0.00333. The van der Waals surface area contributed by atoms with E-state index in [4.69, 9.17) is 4.74 Å². The van der Waals surface area contributed by atoms with Gasteiger partial charge in [-0.1, -0.05) is 24.3 Å². The third-order valence-electron chi connectivity index (χ3n) is 2.53. The fourth-order valence-electron chi connectivity index (χ4n) is 1.76. The molecule has 0 saturated carbocycles. The van der Waals surface area contributed by atoms with Gasteiger partial charge in [-0.25, -0.2) is 0 Å². The quantitative estimate of drug-likeness (QED) is 0.689. The molecular formula is C13H14O2. The number of para-hydroxylation sites is 1. The fourth-order valence-corrected chi connectivity index (χ4v) is 1.76. The van der Waals surface area contributed by atoms with Crippen molar-refractivity contribution >= 4 is 5.78 Å². The number of fused-ring (bicyclic) bond motifs is 1. The summed E-state index contributed by atoms with van der Waals surface area (Å²) in [6, 6.07) is 7.44. The third kappa shape index (κ3) is 2.09. The number of rotatable bonds is 2. The molecule has 0 fully saturated rings. The lowest BCUT2D eigenvalue weighted by Crippen LogP contribution is -2.26. The number of ketones is 1. The predicted octanol–water partition coefficient (Wildman–Crippen LogP) is 2.99. The average Bonchev–Trinajstić information content (AvgIpc) is 2.26. The van der Waals surface area contributed by atoms with Crippen LogP contribution in [0.4, 0.5) is 0 Å². The predicted molar refractivity (Wildman–Crippen MR) is 59.2 cm³/mol. The Morgan fingerprint density at radius 3 is 3.07 bits per heavy atom. The largest absolute Gasteiger partial charge is 0.489 e. The van der Waals surface area contributed by atoms with Gasteiger partial charge in [0.2, 0.25) is 0 Å². The first-order valence-corrected chi connectivity index (χ1v) is 5.21. The van der Waals surface area contributed by atoms with Gasteiger partial charge >= 0.3 is 0 Å². The molecule has 2 nitrogen and oxygen atoms in total. The topological polar surface area (TPSA) is 26.3 Å². The molecule has 2 heteroatoms. The summed E-state index contributed by atoms with van der Waals surface area (Å²) in [6.45, 7) is 1.97. The molecule has 1 heterocycles. The van der Waals surface area contributed by atoms with Gasteiger partial charge in [0.15, 0.2) is 5.78 Å². The molecule has 0 unspecified atom stereocenters. The summed E-state index contributed by atoms with van der Waals surface area (Å²) in [4.78, 5) is 11.8. The summed E-state index contributed by atoms with van der Waals surface area (Å²) in [5, 5.41) is 0. The lowest BCUT2D eigenvalue weighted by molar-refractivity contribution is 0.0854. The molecule has 1 aliphatic rings. The van der Waals surface area contributed by atoms with Gasteiger partial charge in [0, 0.05) is 12.8 Å². The van der Waals surface area contributed by atoms with E-state index in [0.29, 0.717) is 12.0 Å². The number of ether oxygens (including phenoxy) is 1. The smallest absolute Gasteiger partial charge is 0.170 e. The van der Waals surface area contributed by atoms with Crippen molar-refractivity contribution < 1.29 is 9.53 Å². The van der Waals surface area contributed by atoms with E-state index in [1.54, 1.807) is 0 Å². The molecule has 0 radical (unpaired) electrons. The Bertz CT molecular complexity index is 393. The average molecular weight is 202 g/mol. The maximum atomic E-state index is 11.8. The van der Waals surface area contributed by atoms with Gasteiger partial charge in [0.1, 0.15) is 11.9 Å². The van der Waals surface area contributed by atoms with E-state index in [-0.39, 0.29) is 11.9 Å². The van der Waals surface area contributed by atoms with Crippen molar-refractivity contribution in [2.75, 3.05) is 0 Å². The van der Waals surface area contributed by atoms with Crippen LogP contribution in [0.5, 0.6) is 5.75 Å². The number of hydrogen-bond donors (Lipinski definition) is 0. The molecule has 1 atom stereocenters. The van der Waals surface area contributed by atoms with Gasteiger partial charge in [-0.15, -0.1) is 0 Å². The molecule has 0 saturated heterocycles. The van der Waals surface area contributed by atoms with E-state index >= 15 is 0 Å². The highest BCUT2D eigenvalue weighted by molar-refractivity contribution is 5.99. The van der Waals surface area contributed by atoms with Gasteiger partial charge in [0.05, 0.1) is 5.56 Å². The minimum atomic E-state index is 0.00333. The lowest BCUT2D eigenvalue weighted by atomic mass is 9.99. The van der Waals surface area contributed by atoms with E-state index in [0.717, 1.165) is 12.2 Å². The highest BCUT2D eigenvalue weighted by Gasteiger charge is 2.24. The molecule has 1 aliphatic heterocycles. The Hall–Kier alpha value is -1.57. The van der Waals surface area contributed by atoms with Gasteiger partial charge in [-0.2, -0.15) is 0 Å². The lowest BCUT2D eigenvalue weighted by Gasteiger charge is -2.24. The van der Waals surface area contributed by atoms with Gasteiger partial charge < -0.3 is 4.74 Å². The first-order valence-electron chi connectivity index (χ1n) is 5.21. The van der Waals surface area contributed by atoms with Crippen LogP contribution in [0.2, 0.25) is 0 Å². The highest BCUT2D eigenvalue weighted by atomic mass is 16.5. The summed E-state index contributed by atoms with van der Waals surface area (Å²) < 4.78 is 5.73. The minimum Gasteiger partial charge on any atom is -0.489 e. The molecule has 15 heavy (non-hydrogen) atoms. The monoisotopic (exact) mass is 202 g/mol. The van der Waals surface area contributed by atoms with E-state index in [1.807, 2.05) is 43.3 Å². The third-order valence-corrected chi connectivity index (χ3v) is 2.53. The fraction of sp³-hybridized carbons (Fsp3) is 0.308. The number of hydrogen-bond acceptors (Lipinski definition) is 2. The highest BCUT2D eigenvalue weighted by Crippen LogP contribution is 2.28. The molecule has 0 N–H and O–H groups in total. The normalized spacial score (nSPS) is 20.1. The van der Waals surface area contributed by atoms with Crippen LogP contribution in [0.15, 0.2) is 36.4 Å². The Morgan fingerprint density at radius 1 is 1.47 bits per heavy atom. The maximum absolute atomic E-state index is 11.8. The SMILES string of the molecule is CC=CC[C@H]1CC(=O)c2ccccc2O1. The summed E-state index contributed by atoms with van der Waals surface area (Å²) in [7, 11) is 0. The zero-order chi connectivity index (χ0) is 10.7. The van der Waals surface area contributed by atoms with Crippen LogP contribution in [-0.4, -0.2) is 11.9 Å². The van der Waals surface area contributed by atoms with Gasteiger partial charge in [0.25, 0.3) is 0 Å². The van der Waals surface area contributed by atoms with Crippen LogP contribution in [0.25, 0.3) is 0 Å². The number of benzene rings is 1. The molecular weight excluding hydrogens is 188 g/mol. The van der Waals surface area contributed by atoms with E-state index in [1.165, 1.54) is 0 Å². The van der Waals surface area contributed by atoms with Crippen LogP contribution in [0.3, 0.4) is 0 Å². The molecule has 2 rings (SSSR count). The Morgan fingerprint density at radius 2 is 2.27 bits per heavy atom. The zero-order valence-corrected chi connectivity index (χ0v) is 8.77. The molecule has 78 valence electrons. The standard InChI is InChI=1S/C13H14O2/c1-2-3-6-10-9-12(14)11-7-4-5-8-13(11)15-10/h2-5,7-8,10H,6,9H2,1H3/t10-/m0/s1. The molecule has 1 aromatic rings. The van der Waals surface area contributed by atoms with Crippen molar-refractivity contribution in [3.05, 3.63) is 42.0 Å². The summed E-state index contributed by atoms with van der Waals surface area (Å²) in [5.41, 5.74) is 0.717. The summed E-state index contributed by atoms with van der Waals surface area (Å²) >= 11 is 0. The first kappa shape index (κ1) is 9.97. The number of carbonyl (C=O) groups is 1. The van der Waals surface area contributed by atoms with Crippen molar-refractivity contribution in [3.63, 3.8) is 0 Å². The van der Waals surface area contributed by atoms with Crippen LogP contribution in [0.1, 0.15) is 30.1 Å². The van der Waals surface area contributed by atoms with Crippen molar-refractivity contribution in [1.29, 1.82) is 0 Å². The van der Waals surface area contributed by atoms with Crippen LogP contribution in [0, 0.1) is 0 Å². The summed E-state index contributed by atoms with van der Waals surface area (Å²) in [5.74, 6) is 0.912. The van der Waals surface area contributed by atoms with E-state index in [2.05, 4.69) is 0 Å². The van der Waals surface area contributed by atoms with Crippen LogP contribution in [-0.2, 0) is 0 Å². The zero-order valence-electron chi connectivity index (χ0n) is 8.77. The second-order valence-corrected chi connectivity index (χ2v) is 3.67. The van der Waals surface area contributed by atoms with E-state index < -0.39 is 0 Å². The van der Waals surface area contributed by atoms with Crippen molar-refractivity contribution in [2.24, 2.45) is 0 Å². The molecule has 0 aliphatic carbocycles. The van der Waals surface area contributed by atoms with Crippen molar-refractivity contribution in [1.82, 2.24) is 0 Å². The second kappa shape index (κ2) is 4.30. The van der Waals surface area contributed by atoms with Crippen LogP contribution >= 0.6 is 0 Å². The Kier molecular flexibility index (Phi) is 2.86. The second-order valence-electron chi connectivity index (χ2n) is 3.67. The number of Topliss-reactive ketones (excluding diaryl/α,β-unsaturated/α-hetero) is 1. The van der Waals surface area contributed by atoms with Gasteiger partial charge in [-0.05, 0) is 19.1 Å². The Labute approximate surface area is 89.6 Å². The molecule has 0 amide bonds. The van der Waals surface area contributed by atoms with Crippen molar-refractivity contribution in [3.8, 4) is 5.75 Å². The molecule has 1 aromatic carbocycles. The first-order chi connectivity index (χ1) is 7.31. The van der Waals surface area contributed by atoms with Gasteiger partial charge in [-0.3, -0.25) is 4.79 Å². The molecule has 0 spiro atoms.